The first kappa shape index (κ1) is 27.2. The maximum absolute atomic E-state index is 13.8. The molecule has 35 heavy (non-hydrogen) atoms. The van der Waals surface area contributed by atoms with Crippen LogP contribution in [-0.4, -0.2) is 76.6 Å². The van der Waals surface area contributed by atoms with Gasteiger partial charge in [-0.05, 0) is 57.8 Å². The van der Waals surface area contributed by atoms with Gasteiger partial charge in [0.1, 0.15) is 30.6 Å². The summed E-state index contributed by atoms with van der Waals surface area (Å²) >= 11 is 18.2. The summed E-state index contributed by atoms with van der Waals surface area (Å²) in [5, 5.41) is 7.86. The molecule has 6 unspecified atom stereocenters. The quantitative estimate of drug-likeness (QED) is 0.399. The zero-order valence-corrected chi connectivity index (χ0v) is 21.8. The lowest BCUT2D eigenvalue weighted by Gasteiger charge is -2.53. The molecule has 3 aliphatic carbocycles. The lowest BCUT2D eigenvalue weighted by atomic mass is 9.71. The largest absolute Gasteiger partial charge is 0.368 e. The molecule has 2 aliphatic heterocycles. The zero-order valence-electron chi connectivity index (χ0n) is 19.5. The predicted octanol–water partition coefficient (Wildman–Crippen LogP) is 2.66. The first-order valence-electron chi connectivity index (χ1n) is 12.3. The SMILES string of the molecule is O=C(COC1CCC(Cl)C(Cl)C1)NC12CCC(NC(=O)COC3CCC(Cl)C(F)C3)(CC1)C(=O)N2. The van der Waals surface area contributed by atoms with Crippen LogP contribution >= 0.6 is 34.8 Å². The average Bonchev–Trinajstić information content (AvgIpc) is 2.82. The Kier molecular flexibility index (Phi) is 8.74. The molecule has 0 radical (unpaired) electrons. The van der Waals surface area contributed by atoms with Gasteiger partial charge in [-0.1, -0.05) is 0 Å². The lowest BCUT2D eigenvalue weighted by molar-refractivity contribution is -0.149. The van der Waals surface area contributed by atoms with Gasteiger partial charge in [-0.15, -0.1) is 34.8 Å². The number of rotatable bonds is 8. The van der Waals surface area contributed by atoms with Crippen molar-refractivity contribution >= 4 is 52.5 Å². The van der Waals surface area contributed by atoms with E-state index in [0.717, 1.165) is 12.8 Å². The number of piperidine rings is 2. The number of fused-ring (bicyclic) bond motifs is 3. The number of alkyl halides is 4. The van der Waals surface area contributed by atoms with Crippen LogP contribution in [0.1, 0.15) is 64.2 Å². The molecule has 2 saturated heterocycles. The van der Waals surface area contributed by atoms with Crippen LogP contribution in [0.15, 0.2) is 0 Å². The van der Waals surface area contributed by atoms with Gasteiger partial charge in [0.25, 0.3) is 0 Å². The highest BCUT2D eigenvalue weighted by Gasteiger charge is 2.55. The number of ether oxygens (including phenoxy) is 2. The van der Waals surface area contributed by atoms with E-state index in [9.17, 15) is 18.8 Å². The summed E-state index contributed by atoms with van der Waals surface area (Å²) < 4.78 is 25.1. The molecule has 0 spiro atoms. The van der Waals surface area contributed by atoms with E-state index in [4.69, 9.17) is 44.3 Å². The Hall–Kier alpha value is -0.870. The number of hydrogen-bond donors (Lipinski definition) is 3. The Morgan fingerprint density at radius 2 is 1.43 bits per heavy atom. The monoisotopic (exact) mass is 555 g/mol. The molecule has 2 bridgehead atoms. The van der Waals surface area contributed by atoms with Crippen molar-refractivity contribution < 1.29 is 28.2 Å². The van der Waals surface area contributed by atoms with Crippen molar-refractivity contribution in [2.75, 3.05) is 13.2 Å². The number of hydrogen-bond acceptors (Lipinski definition) is 5. The number of halogens is 4. The maximum atomic E-state index is 13.8. The van der Waals surface area contributed by atoms with E-state index in [2.05, 4.69) is 16.0 Å². The van der Waals surface area contributed by atoms with E-state index >= 15 is 0 Å². The summed E-state index contributed by atoms with van der Waals surface area (Å²) in [6.07, 6.45) is 3.48. The van der Waals surface area contributed by atoms with E-state index in [0.29, 0.717) is 44.9 Å². The van der Waals surface area contributed by atoms with Crippen molar-refractivity contribution in [2.24, 2.45) is 0 Å². The molecule has 5 fully saturated rings. The Labute approximate surface area is 219 Å². The van der Waals surface area contributed by atoms with Crippen LogP contribution in [0.2, 0.25) is 0 Å². The minimum Gasteiger partial charge on any atom is -0.368 e. The molecule has 0 aromatic carbocycles. The van der Waals surface area contributed by atoms with Crippen LogP contribution in [0.25, 0.3) is 0 Å². The Morgan fingerprint density at radius 3 is 2.00 bits per heavy atom. The van der Waals surface area contributed by atoms with E-state index in [1.165, 1.54) is 0 Å². The molecular weight excluding hydrogens is 524 g/mol. The predicted molar refractivity (Wildman–Crippen MR) is 129 cm³/mol. The molecule has 3 amide bonds. The Balaban J connectivity index is 1.21. The number of amides is 3. The third-order valence-electron chi connectivity index (χ3n) is 7.69. The van der Waals surface area contributed by atoms with Gasteiger partial charge >= 0.3 is 0 Å². The number of nitrogens with one attached hydrogen (secondary N) is 3. The molecule has 12 heteroatoms. The fourth-order valence-corrected chi connectivity index (χ4v) is 6.29. The van der Waals surface area contributed by atoms with Gasteiger partial charge in [-0.25, -0.2) is 4.39 Å². The second kappa shape index (κ2) is 11.3. The summed E-state index contributed by atoms with van der Waals surface area (Å²) in [6, 6.07) is 0. The van der Waals surface area contributed by atoms with Crippen LogP contribution in [0.4, 0.5) is 4.39 Å². The molecule has 0 aromatic heterocycles. The highest BCUT2D eigenvalue weighted by Crippen LogP contribution is 2.39. The van der Waals surface area contributed by atoms with Gasteiger partial charge in [0.15, 0.2) is 0 Å². The van der Waals surface area contributed by atoms with Crippen LogP contribution < -0.4 is 16.0 Å². The molecular formula is C23H33Cl3FN3O5. The standard InChI is InChI=1S/C23H33Cl3FN3O5/c24-15-3-1-13(9-17(15)26)34-12-20(32)29-23-7-5-22(6-8-23,21(33)30-23)28-19(31)11-35-14-2-4-16(25)18(27)10-14/h13-18H,1-12H2,(H,28,31)(H,29,32)(H,30,33). The lowest BCUT2D eigenvalue weighted by Crippen LogP contribution is -2.77. The minimum atomic E-state index is -1.15. The molecule has 5 aliphatic rings. The average molecular weight is 557 g/mol. The van der Waals surface area contributed by atoms with E-state index < -0.39 is 28.7 Å². The van der Waals surface area contributed by atoms with Gasteiger partial charge in [0, 0.05) is 6.42 Å². The van der Waals surface area contributed by atoms with Gasteiger partial charge < -0.3 is 25.4 Å². The molecule has 6 atom stereocenters. The first-order valence-corrected chi connectivity index (χ1v) is 13.6. The molecule has 3 saturated carbocycles. The third-order valence-corrected chi connectivity index (χ3v) is 9.32. The van der Waals surface area contributed by atoms with Crippen molar-refractivity contribution in [1.29, 1.82) is 0 Å². The highest BCUT2D eigenvalue weighted by atomic mass is 35.5. The van der Waals surface area contributed by atoms with Gasteiger partial charge in [0.2, 0.25) is 17.7 Å². The number of carbonyl (C=O) groups is 3. The van der Waals surface area contributed by atoms with Crippen LogP contribution in [0, 0.1) is 0 Å². The summed E-state index contributed by atoms with van der Waals surface area (Å²) in [4.78, 5) is 38.0. The van der Waals surface area contributed by atoms with Gasteiger partial charge in [-0.2, -0.15) is 0 Å². The Morgan fingerprint density at radius 1 is 0.857 bits per heavy atom. The van der Waals surface area contributed by atoms with Crippen LogP contribution in [0.5, 0.6) is 0 Å². The minimum absolute atomic E-state index is 0.0790. The smallest absolute Gasteiger partial charge is 0.247 e. The number of carbonyl (C=O) groups excluding carboxylic acids is 3. The molecule has 198 valence electrons. The normalized spacial score (nSPS) is 41.2. The molecule has 8 nitrogen and oxygen atoms in total. The zero-order chi connectivity index (χ0) is 25.2. The molecule has 0 aromatic rings. The van der Waals surface area contributed by atoms with Crippen molar-refractivity contribution in [3.8, 4) is 0 Å². The van der Waals surface area contributed by atoms with Crippen LogP contribution in [-0.2, 0) is 23.9 Å². The van der Waals surface area contributed by atoms with E-state index in [1.54, 1.807) is 0 Å². The molecule has 5 rings (SSSR count). The van der Waals surface area contributed by atoms with Crippen molar-refractivity contribution in [1.82, 2.24) is 16.0 Å². The Bertz CT molecular complexity index is 813. The van der Waals surface area contributed by atoms with Crippen molar-refractivity contribution in [2.45, 2.75) is 110 Å². The fourth-order valence-electron chi connectivity index (χ4n) is 5.51. The topological polar surface area (TPSA) is 106 Å². The van der Waals surface area contributed by atoms with E-state index in [-0.39, 0.29) is 54.4 Å². The second-order valence-corrected chi connectivity index (χ2v) is 12.0. The highest BCUT2D eigenvalue weighted by molar-refractivity contribution is 6.30. The first-order chi connectivity index (χ1) is 16.6. The third kappa shape index (κ3) is 6.53. The van der Waals surface area contributed by atoms with Gasteiger partial charge in [0.05, 0.1) is 28.3 Å². The van der Waals surface area contributed by atoms with E-state index in [1.807, 2.05) is 0 Å². The second-order valence-electron chi connectivity index (χ2n) is 10.3. The molecule has 3 N–H and O–H groups in total. The summed E-state index contributed by atoms with van der Waals surface area (Å²) in [7, 11) is 0. The fraction of sp³-hybridized carbons (Fsp3) is 0.870. The van der Waals surface area contributed by atoms with Crippen molar-refractivity contribution in [3.63, 3.8) is 0 Å². The van der Waals surface area contributed by atoms with Crippen LogP contribution in [0.3, 0.4) is 0 Å². The molecule has 2 heterocycles. The summed E-state index contributed by atoms with van der Waals surface area (Å²) in [5.41, 5.74) is -1.88. The summed E-state index contributed by atoms with van der Waals surface area (Å²) in [6.45, 7) is -0.364. The summed E-state index contributed by atoms with van der Waals surface area (Å²) in [5.74, 6) is -1.06. The van der Waals surface area contributed by atoms with Gasteiger partial charge in [-0.3, -0.25) is 14.4 Å². The maximum Gasteiger partial charge on any atom is 0.247 e. The van der Waals surface area contributed by atoms with Crippen molar-refractivity contribution in [3.05, 3.63) is 0 Å².